The minimum absolute atomic E-state index is 0.319. The van der Waals surface area contributed by atoms with Crippen LogP contribution in [0.2, 0.25) is 0 Å². The number of likely N-dealkylation sites (tertiary alicyclic amines) is 1. The molecule has 0 aromatic carbocycles. The van der Waals surface area contributed by atoms with Gasteiger partial charge in [0.15, 0.2) is 0 Å². The molecule has 0 unspecified atom stereocenters. The van der Waals surface area contributed by atoms with E-state index in [9.17, 15) is 0 Å². The molecule has 1 N–H and O–H groups in total. The van der Waals surface area contributed by atoms with Crippen LogP contribution >= 0.6 is 0 Å². The molecule has 0 aromatic heterocycles. The maximum absolute atomic E-state index is 7.34. The Bertz CT molecular complexity index is 119. The molecule has 0 amide bonds. The van der Waals surface area contributed by atoms with E-state index in [1.165, 1.54) is 19.3 Å². The fraction of sp³-hybridized carbons (Fsp3) is 0.857. The molecule has 3 heteroatoms. The number of rotatable bonds is 0. The maximum Gasteiger partial charge on any atom is 0.284 e. The molecule has 1 rings (SSSR count). The van der Waals surface area contributed by atoms with E-state index in [1.807, 2.05) is 4.90 Å². The molecule has 0 aromatic rings. The minimum Gasteiger partial charge on any atom is -0.469 e. The van der Waals surface area contributed by atoms with E-state index in [1.54, 1.807) is 7.11 Å². The lowest BCUT2D eigenvalue weighted by Crippen LogP contribution is -2.35. The van der Waals surface area contributed by atoms with Gasteiger partial charge in [-0.3, -0.25) is 5.41 Å². The predicted molar refractivity (Wildman–Crippen MR) is 40.2 cm³/mol. The number of nitrogens with zero attached hydrogens (tertiary/aromatic N) is 1. The summed E-state index contributed by atoms with van der Waals surface area (Å²) in [5, 5.41) is 7.34. The Morgan fingerprint density at radius 3 is 2.40 bits per heavy atom. The molecule has 1 heterocycles. The predicted octanol–water partition coefficient (Wildman–Crippen LogP) is 1.05. The first-order chi connectivity index (χ1) is 4.84. The third kappa shape index (κ3) is 1.62. The second-order valence-corrected chi connectivity index (χ2v) is 2.56. The van der Waals surface area contributed by atoms with Gasteiger partial charge in [-0.05, 0) is 19.3 Å². The van der Waals surface area contributed by atoms with E-state index in [-0.39, 0.29) is 0 Å². The highest BCUT2D eigenvalue weighted by molar-refractivity contribution is 5.70. The van der Waals surface area contributed by atoms with Crippen LogP contribution in [-0.4, -0.2) is 31.1 Å². The Balaban J connectivity index is 2.31. The van der Waals surface area contributed by atoms with E-state index in [0.717, 1.165) is 13.1 Å². The lowest BCUT2D eigenvalue weighted by atomic mass is 10.1. The summed E-state index contributed by atoms with van der Waals surface area (Å²) in [5.74, 6) is 0. The summed E-state index contributed by atoms with van der Waals surface area (Å²) < 4.78 is 4.80. The van der Waals surface area contributed by atoms with E-state index in [4.69, 9.17) is 10.1 Å². The average molecular weight is 142 g/mol. The van der Waals surface area contributed by atoms with Crippen LogP contribution in [-0.2, 0) is 4.74 Å². The summed E-state index contributed by atoms with van der Waals surface area (Å²) in [7, 11) is 1.55. The molecule has 0 saturated carbocycles. The summed E-state index contributed by atoms with van der Waals surface area (Å²) in [6, 6.07) is 0.319. The van der Waals surface area contributed by atoms with Gasteiger partial charge >= 0.3 is 0 Å². The molecule has 0 bridgehead atoms. The van der Waals surface area contributed by atoms with Crippen molar-refractivity contribution in [2.75, 3.05) is 20.2 Å². The highest BCUT2D eigenvalue weighted by atomic mass is 16.5. The second kappa shape index (κ2) is 3.44. The van der Waals surface area contributed by atoms with Crippen molar-refractivity contribution in [3.8, 4) is 0 Å². The van der Waals surface area contributed by atoms with Crippen LogP contribution in [0.1, 0.15) is 19.3 Å². The van der Waals surface area contributed by atoms with E-state index >= 15 is 0 Å². The standard InChI is InChI=1S/C7H14N2O/c1-10-7(8)9-5-3-2-4-6-9/h8H,2-6H2,1H3. The molecule has 1 aliphatic heterocycles. The highest BCUT2D eigenvalue weighted by Gasteiger charge is 2.12. The molecule has 1 fully saturated rings. The van der Waals surface area contributed by atoms with Crippen LogP contribution < -0.4 is 0 Å². The highest BCUT2D eigenvalue weighted by Crippen LogP contribution is 2.08. The summed E-state index contributed by atoms with van der Waals surface area (Å²) >= 11 is 0. The van der Waals surface area contributed by atoms with Crippen LogP contribution in [0.3, 0.4) is 0 Å². The van der Waals surface area contributed by atoms with Crippen molar-refractivity contribution in [3.63, 3.8) is 0 Å². The Morgan fingerprint density at radius 2 is 1.90 bits per heavy atom. The first-order valence-electron chi connectivity index (χ1n) is 3.72. The Labute approximate surface area is 61.5 Å². The molecule has 0 spiro atoms. The van der Waals surface area contributed by atoms with Gasteiger partial charge in [0, 0.05) is 13.1 Å². The van der Waals surface area contributed by atoms with E-state index in [0.29, 0.717) is 6.02 Å². The monoisotopic (exact) mass is 142 g/mol. The average Bonchev–Trinajstić information content (AvgIpc) is 2.05. The molecular formula is C7H14N2O. The van der Waals surface area contributed by atoms with Crippen molar-refractivity contribution in [1.82, 2.24) is 4.90 Å². The topological polar surface area (TPSA) is 36.3 Å². The van der Waals surface area contributed by atoms with Crippen LogP contribution in [0.4, 0.5) is 0 Å². The third-order valence-electron chi connectivity index (χ3n) is 1.84. The Kier molecular flexibility index (Phi) is 2.54. The zero-order valence-corrected chi connectivity index (χ0v) is 6.39. The first-order valence-corrected chi connectivity index (χ1v) is 3.72. The SMILES string of the molecule is COC(=N)N1CCCCC1. The molecular weight excluding hydrogens is 128 g/mol. The van der Waals surface area contributed by atoms with Crippen molar-refractivity contribution >= 4 is 6.02 Å². The molecule has 1 saturated heterocycles. The summed E-state index contributed by atoms with van der Waals surface area (Å²) in [5.41, 5.74) is 0. The van der Waals surface area contributed by atoms with Gasteiger partial charge in [0.2, 0.25) is 0 Å². The zero-order valence-electron chi connectivity index (χ0n) is 6.39. The molecule has 0 aliphatic carbocycles. The Morgan fingerprint density at radius 1 is 1.30 bits per heavy atom. The molecule has 0 atom stereocenters. The maximum atomic E-state index is 7.34. The van der Waals surface area contributed by atoms with Gasteiger partial charge in [-0.15, -0.1) is 0 Å². The number of ether oxygens (including phenoxy) is 1. The van der Waals surface area contributed by atoms with Gasteiger partial charge in [-0.2, -0.15) is 0 Å². The first kappa shape index (κ1) is 7.38. The van der Waals surface area contributed by atoms with Crippen molar-refractivity contribution in [3.05, 3.63) is 0 Å². The number of amidine groups is 1. The number of hydrogen-bond acceptors (Lipinski definition) is 2. The third-order valence-corrected chi connectivity index (χ3v) is 1.84. The van der Waals surface area contributed by atoms with Gasteiger partial charge < -0.3 is 9.64 Å². The van der Waals surface area contributed by atoms with Crippen molar-refractivity contribution in [2.24, 2.45) is 0 Å². The summed E-state index contributed by atoms with van der Waals surface area (Å²) in [4.78, 5) is 1.98. The number of nitrogens with one attached hydrogen (secondary N) is 1. The van der Waals surface area contributed by atoms with Crippen LogP contribution in [0.25, 0.3) is 0 Å². The summed E-state index contributed by atoms with van der Waals surface area (Å²) in [6.45, 7) is 1.99. The van der Waals surface area contributed by atoms with Crippen molar-refractivity contribution in [2.45, 2.75) is 19.3 Å². The van der Waals surface area contributed by atoms with E-state index < -0.39 is 0 Å². The van der Waals surface area contributed by atoms with Gasteiger partial charge in [0.1, 0.15) is 0 Å². The van der Waals surface area contributed by atoms with Crippen molar-refractivity contribution < 1.29 is 4.74 Å². The van der Waals surface area contributed by atoms with E-state index in [2.05, 4.69) is 0 Å². The quantitative estimate of drug-likeness (QED) is 0.405. The van der Waals surface area contributed by atoms with Gasteiger partial charge in [-0.1, -0.05) is 0 Å². The molecule has 58 valence electrons. The number of hydrogen-bond donors (Lipinski definition) is 1. The van der Waals surface area contributed by atoms with Gasteiger partial charge in [0.25, 0.3) is 6.02 Å². The summed E-state index contributed by atoms with van der Waals surface area (Å²) in [6.07, 6.45) is 3.70. The van der Waals surface area contributed by atoms with Gasteiger partial charge in [-0.25, -0.2) is 0 Å². The lowest BCUT2D eigenvalue weighted by Gasteiger charge is -2.26. The number of methoxy groups -OCH3 is 1. The second-order valence-electron chi connectivity index (χ2n) is 2.56. The number of piperidine rings is 1. The molecule has 10 heavy (non-hydrogen) atoms. The lowest BCUT2D eigenvalue weighted by molar-refractivity contribution is 0.248. The normalized spacial score (nSPS) is 18.7. The fourth-order valence-electron chi connectivity index (χ4n) is 1.23. The molecule has 1 aliphatic rings. The smallest absolute Gasteiger partial charge is 0.284 e. The molecule has 3 nitrogen and oxygen atoms in total. The van der Waals surface area contributed by atoms with Crippen LogP contribution in [0, 0.1) is 5.41 Å². The Hall–Kier alpha value is -0.730. The zero-order chi connectivity index (χ0) is 7.40. The van der Waals surface area contributed by atoms with Crippen LogP contribution in [0.5, 0.6) is 0 Å². The van der Waals surface area contributed by atoms with Crippen molar-refractivity contribution in [1.29, 1.82) is 5.41 Å². The van der Waals surface area contributed by atoms with Crippen LogP contribution in [0.15, 0.2) is 0 Å². The largest absolute Gasteiger partial charge is 0.469 e. The minimum atomic E-state index is 0.319. The van der Waals surface area contributed by atoms with Gasteiger partial charge in [0.05, 0.1) is 7.11 Å². The fourth-order valence-corrected chi connectivity index (χ4v) is 1.23. The molecule has 0 radical (unpaired) electrons.